The molecule has 0 bridgehead atoms. The number of hydrogen-bond acceptors (Lipinski definition) is 4. The molecule has 1 saturated heterocycles. The lowest BCUT2D eigenvalue weighted by atomic mass is 10.1. The molecule has 0 aromatic carbocycles. The lowest BCUT2D eigenvalue weighted by Crippen LogP contribution is -2.44. The maximum atomic E-state index is 12.4. The molecular weight excluding hydrogens is 322 g/mol. The molecule has 5 nitrogen and oxygen atoms in total. The van der Waals surface area contributed by atoms with Crippen LogP contribution in [-0.4, -0.2) is 40.2 Å². The zero-order valence-corrected chi connectivity index (χ0v) is 13.4. The van der Waals surface area contributed by atoms with E-state index in [1.807, 2.05) is 18.2 Å². The van der Waals surface area contributed by atoms with Crippen LogP contribution < -0.4 is 5.32 Å². The number of hydrogen-bond donors (Lipinski definition) is 2. The van der Waals surface area contributed by atoms with Crippen LogP contribution in [0.5, 0.6) is 0 Å². The number of thiophene rings is 1. The molecule has 2 amide bonds. The Labute approximate surface area is 137 Å². The highest BCUT2D eigenvalue weighted by molar-refractivity contribution is 7.19. The van der Waals surface area contributed by atoms with Gasteiger partial charge in [-0.1, -0.05) is 11.6 Å². The molecule has 1 unspecified atom stereocenters. The van der Waals surface area contributed by atoms with Crippen LogP contribution >= 0.6 is 22.9 Å². The fraction of sp³-hybridized carbons (Fsp3) is 0.333. The van der Waals surface area contributed by atoms with Gasteiger partial charge in [0, 0.05) is 19.3 Å². The summed E-state index contributed by atoms with van der Waals surface area (Å²) in [6.07, 6.45) is 2.80. The SMILES string of the molecule is O=C(Nc1cccnc1-c1ccc(Cl)s1)N1CCCC(O)C1. The van der Waals surface area contributed by atoms with Crippen LogP contribution in [0.25, 0.3) is 10.6 Å². The van der Waals surface area contributed by atoms with Crippen LogP contribution in [0.15, 0.2) is 30.5 Å². The van der Waals surface area contributed by atoms with Crippen molar-refractivity contribution >= 4 is 34.7 Å². The number of β-amino-alcohol motifs (C(OH)–C–C–N with tert-alkyl or cyclic N) is 1. The van der Waals surface area contributed by atoms with E-state index in [0.717, 1.165) is 17.7 Å². The third kappa shape index (κ3) is 3.40. The zero-order valence-electron chi connectivity index (χ0n) is 11.8. The Morgan fingerprint density at radius 3 is 3.05 bits per heavy atom. The van der Waals surface area contributed by atoms with Gasteiger partial charge in [-0.25, -0.2) is 4.79 Å². The largest absolute Gasteiger partial charge is 0.391 e. The molecule has 1 aliphatic rings. The van der Waals surface area contributed by atoms with Crippen LogP contribution in [0.4, 0.5) is 10.5 Å². The van der Waals surface area contributed by atoms with Gasteiger partial charge < -0.3 is 15.3 Å². The van der Waals surface area contributed by atoms with Gasteiger partial charge in [-0.15, -0.1) is 11.3 Å². The summed E-state index contributed by atoms with van der Waals surface area (Å²) in [6, 6.07) is 7.07. The van der Waals surface area contributed by atoms with E-state index in [2.05, 4.69) is 10.3 Å². The average molecular weight is 338 g/mol. The third-order valence-electron chi connectivity index (χ3n) is 3.54. The Balaban J connectivity index is 1.79. The van der Waals surface area contributed by atoms with Crippen molar-refractivity contribution in [3.63, 3.8) is 0 Å². The highest BCUT2D eigenvalue weighted by Crippen LogP contribution is 2.34. The Hall–Kier alpha value is -1.63. The van der Waals surface area contributed by atoms with Crippen molar-refractivity contribution in [3.05, 3.63) is 34.8 Å². The van der Waals surface area contributed by atoms with Crippen LogP contribution in [0.1, 0.15) is 12.8 Å². The van der Waals surface area contributed by atoms with Crippen molar-refractivity contribution in [2.45, 2.75) is 18.9 Å². The van der Waals surface area contributed by atoms with Crippen molar-refractivity contribution in [2.24, 2.45) is 0 Å². The Morgan fingerprint density at radius 2 is 2.32 bits per heavy atom. The van der Waals surface area contributed by atoms with E-state index < -0.39 is 6.10 Å². The number of rotatable bonds is 2. The van der Waals surface area contributed by atoms with Gasteiger partial charge in [-0.3, -0.25) is 4.98 Å². The molecule has 0 aliphatic carbocycles. The second-order valence-electron chi connectivity index (χ2n) is 5.18. The molecule has 0 saturated carbocycles. The van der Waals surface area contributed by atoms with Crippen molar-refractivity contribution in [3.8, 4) is 10.6 Å². The molecule has 22 heavy (non-hydrogen) atoms. The standard InChI is InChI=1S/C15H16ClN3O2S/c16-13-6-5-12(22-13)14-11(4-1-7-17-14)18-15(21)19-8-2-3-10(20)9-19/h1,4-7,10,20H,2-3,8-9H2,(H,18,21). The van der Waals surface area contributed by atoms with E-state index in [1.54, 1.807) is 17.2 Å². The first-order valence-electron chi connectivity index (χ1n) is 7.08. The van der Waals surface area contributed by atoms with Gasteiger partial charge in [0.25, 0.3) is 0 Å². The van der Waals surface area contributed by atoms with Gasteiger partial charge in [-0.2, -0.15) is 0 Å². The first-order chi connectivity index (χ1) is 10.6. The van der Waals surface area contributed by atoms with Crippen molar-refractivity contribution in [2.75, 3.05) is 18.4 Å². The molecule has 1 atom stereocenters. The minimum absolute atomic E-state index is 0.212. The normalized spacial score (nSPS) is 18.3. The number of nitrogens with zero attached hydrogens (tertiary/aromatic N) is 2. The number of carbonyl (C=O) groups is 1. The first kappa shape index (κ1) is 15.3. The number of carbonyl (C=O) groups excluding carboxylic acids is 1. The molecule has 2 N–H and O–H groups in total. The van der Waals surface area contributed by atoms with Crippen molar-refractivity contribution < 1.29 is 9.90 Å². The van der Waals surface area contributed by atoms with Gasteiger partial charge in [0.15, 0.2) is 0 Å². The van der Waals surface area contributed by atoms with E-state index in [-0.39, 0.29) is 6.03 Å². The Morgan fingerprint density at radius 1 is 1.45 bits per heavy atom. The number of pyridine rings is 1. The molecule has 3 rings (SSSR count). The van der Waals surface area contributed by atoms with Crippen molar-refractivity contribution in [1.82, 2.24) is 9.88 Å². The second-order valence-corrected chi connectivity index (χ2v) is 6.89. The summed E-state index contributed by atoms with van der Waals surface area (Å²) >= 11 is 7.39. The molecule has 1 fully saturated rings. The van der Waals surface area contributed by atoms with E-state index >= 15 is 0 Å². The molecule has 3 heterocycles. The van der Waals surface area contributed by atoms with E-state index in [9.17, 15) is 9.90 Å². The number of aliphatic hydroxyl groups is 1. The summed E-state index contributed by atoms with van der Waals surface area (Å²) < 4.78 is 0.678. The highest BCUT2D eigenvalue weighted by Gasteiger charge is 2.23. The van der Waals surface area contributed by atoms with Gasteiger partial charge >= 0.3 is 6.03 Å². The second kappa shape index (κ2) is 6.64. The number of amides is 2. The van der Waals surface area contributed by atoms with Crippen LogP contribution in [0.3, 0.4) is 0 Å². The zero-order chi connectivity index (χ0) is 15.5. The number of aromatic nitrogens is 1. The number of nitrogens with one attached hydrogen (secondary N) is 1. The quantitative estimate of drug-likeness (QED) is 0.882. The lowest BCUT2D eigenvalue weighted by molar-refractivity contribution is 0.0883. The maximum Gasteiger partial charge on any atom is 0.321 e. The van der Waals surface area contributed by atoms with Gasteiger partial charge in [0.2, 0.25) is 0 Å². The fourth-order valence-electron chi connectivity index (χ4n) is 2.48. The summed E-state index contributed by atoms with van der Waals surface area (Å²) in [5.74, 6) is 0. The summed E-state index contributed by atoms with van der Waals surface area (Å²) in [5.41, 5.74) is 1.34. The molecule has 1 aliphatic heterocycles. The average Bonchev–Trinajstić information content (AvgIpc) is 2.94. The van der Waals surface area contributed by atoms with E-state index in [0.29, 0.717) is 28.8 Å². The van der Waals surface area contributed by atoms with E-state index in [4.69, 9.17) is 11.6 Å². The summed E-state index contributed by atoms with van der Waals surface area (Å²) in [4.78, 5) is 19.2. The molecule has 2 aromatic heterocycles. The minimum Gasteiger partial charge on any atom is -0.391 e. The summed E-state index contributed by atoms with van der Waals surface area (Å²) in [7, 11) is 0. The van der Waals surface area contributed by atoms with Crippen LogP contribution in [0.2, 0.25) is 4.34 Å². The number of halogens is 1. The van der Waals surface area contributed by atoms with Gasteiger partial charge in [-0.05, 0) is 37.1 Å². The highest BCUT2D eigenvalue weighted by atomic mass is 35.5. The predicted molar refractivity (Wildman–Crippen MR) is 88.4 cm³/mol. The predicted octanol–water partition coefficient (Wildman–Crippen LogP) is 3.45. The number of urea groups is 1. The van der Waals surface area contributed by atoms with Gasteiger partial charge in [0.1, 0.15) is 5.69 Å². The third-order valence-corrected chi connectivity index (χ3v) is 4.78. The number of aliphatic hydroxyl groups excluding tert-OH is 1. The maximum absolute atomic E-state index is 12.4. The number of anilines is 1. The number of piperidine rings is 1. The van der Waals surface area contributed by atoms with E-state index in [1.165, 1.54) is 11.3 Å². The molecule has 0 radical (unpaired) electrons. The summed E-state index contributed by atoms with van der Waals surface area (Å²) in [5, 5.41) is 12.6. The molecule has 116 valence electrons. The topological polar surface area (TPSA) is 65.5 Å². The monoisotopic (exact) mass is 337 g/mol. The Bertz CT molecular complexity index is 676. The summed E-state index contributed by atoms with van der Waals surface area (Å²) in [6.45, 7) is 1.02. The molecular formula is C15H16ClN3O2S. The molecule has 2 aromatic rings. The lowest BCUT2D eigenvalue weighted by Gasteiger charge is -2.30. The molecule has 0 spiro atoms. The number of likely N-dealkylation sites (tertiary alicyclic amines) is 1. The van der Waals surface area contributed by atoms with Crippen LogP contribution in [-0.2, 0) is 0 Å². The minimum atomic E-state index is -0.441. The van der Waals surface area contributed by atoms with Crippen molar-refractivity contribution in [1.29, 1.82) is 0 Å². The Kier molecular flexibility index (Phi) is 4.61. The fourth-order valence-corrected chi connectivity index (χ4v) is 3.53. The van der Waals surface area contributed by atoms with Gasteiger partial charge in [0.05, 0.1) is 21.0 Å². The smallest absolute Gasteiger partial charge is 0.321 e. The van der Waals surface area contributed by atoms with Crippen LogP contribution in [0, 0.1) is 0 Å². The molecule has 7 heteroatoms. The first-order valence-corrected chi connectivity index (χ1v) is 8.27.